The lowest BCUT2D eigenvalue weighted by molar-refractivity contribution is -0.384. The van der Waals surface area contributed by atoms with Crippen molar-refractivity contribution in [3.05, 3.63) is 22.2 Å². The molecule has 1 rings (SSSR count). The van der Waals surface area contributed by atoms with Gasteiger partial charge in [0.2, 0.25) is 5.82 Å². The summed E-state index contributed by atoms with van der Waals surface area (Å²) in [7, 11) is 1.83. The predicted molar refractivity (Wildman–Crippen MR) is 81.3 cm³/mol. The Hall–Kier alpha value is -1.50. The predicted octanol–water partition coefficient (Wildman–Crippen LogP) is 2.61. The minimum atomic E-state index is -0.387. The number of nitro groups is 1. The lowest BCUT2D eigenvalue weighted by Gasteiger charge is -2.18. The molecule has 0 radical (unpaired) electrons. The van der Waals surface area contributed by atoms with Gasteiger partial charge in [-0.2, -0.15) is 11.8 Å². The molecule has 0 aromatic carbocycles. The normalized spacial score (nSPS) is 10.3. The molecule has 1 heterocycles. The highest BCUT2D eigenvalue weighted by Crippen LogP contribution is 2.26. The summed E-state index contributed by atoms with van der Waals surface area (Å²) in [6, 6.07) is 3.16. The first kappa shape index (κ1) is 15.6. The van der Waals surface area contributed by atoms with Gasteiger partial charge in [-0.3, -0.25) is 10.1 Å². The Kier molecular flexibility index (Phi) is 6.41. The second-order valence-corrected chi connectivity index (χ2v) is 5.12. The molecule has 0 saturated carbocycles. The van der Waals surface area contributed by atoms with Gasteiger partial charge in [0.1, 0.15) is 5.82 Å². The highest BCUT2D eigenvalue weighted by molar-refractivity contribution is 7.98. The SMILES string of the molecule is CCCNc1ccc([N+](=O)[O-])c(N(C)CCSC)n1. The number of nitrogens with zero attached hydrogens (tertiary/aromatic N) is 3. The maximum absolute atomic E-state index is 11.0. The molecule has 0 fully saturated rings. The molecule has 106 valence electrons. The molecule has 0 saturated heterocycles. The lowest BCUT2D eigenvalue weighted by Crippen LogP contribution is -2.23. The van der Waals surface area contributed by atoms with Crippen LogP contribution >= 0.6 is 11.8 Å². The van der Waals surface area contributed by atoms with Crippen molar-refractivity contribution in [2.75, 3.05) is 42.4 Å². The van der Waals surface area contributed by atoms with Crippen LogP contribution in [-0.2, 0) is 0 Å². The summed E-state index contributed by atoms with van der Waals surface area (Å²) in [6.45, 7) is 3.59. The van der Waals surface area contributed by atoms with Gasteiger partial charge in [0.25, 0.3) is 0 Å². The van der Waals surface area contributed by atoms with Crippen molar-refractivity contribution in [1.82, 2.24) is 4.98 Å². The average molecular weight is 284 g/mol. The molecule has 1 aromatic heterocycles. The first-order valence-corrected chi connectivity index (χ1v) is 7.59. The Labute approximate surface area is 117 Å². The molecule has 0 aliphatic heterocycles. The summed E-state index contributed by atoms with van der Waals surface area (Å²) >= 11 is 1.70. The van der Waals surface area contributed by atoms with E-state index >= 15 is 0 Å². The van der Waals surface area contributed by atoms with Crippen molar-refractivity contribution in [3.8, 4) is 0 Å². The Balaban J connectivity index is 2.97. The fourth-order valence-corrected chi connectivity index (χ4v) is 2.01. The van der Waals surface area contributed by atoms with Crippen molar-refractivity contribution >= 4 is 29.1 Å². The minimum Gasteiger partial charge on any atom is -0.370 e. The van der Waals surface area contributed by atoms with Gasteiger partial charge in [0.05, 0.1) is 4.92 Å². The van der Waals surface area contributed by atoms with E-state index in [1.165, 1.54) is 6.07 Å². The standard InChI is InChI=1S/C12H20N4O2S/c1-4-7-13-11-6-5-10(16(17)18)12(14-11)15(2)8-9-19-3/h5-6H,4,7-9H2,1-3H3,(H,13,14). The van der Waals surface area contributed by atoms with Crippen LogP contribution in [0.4, 0.5) is 17.3 Å². The Bertz CT molecular complexity index is 428. The lowest BCUT2D eigenvalue weighted by atomic mass is 10.3. The fourth-order valence-electron chi connectivity index (χ4n) is 1.55. The molecular formula is C12H20N4O2S. The van der Waals surface area contributed by atoms with E-state index in [1.807, 2.05) is 18.2 Å². The topological polar surface area (TPSA) is 71.3 Å². The van der Waals surface area contributed by atoms with Crippen LogP contribution in [0.1, 0.15) is 13.3 Å². The fraction of sp³-hybridized carbons (Fsp3) is 0.583. The van der Waals surface area contributed by atoms with Crippen LogP contribution in [0.25, 0.3) is 0 Å². The molecule has 7 heteroatoms. The molecule has 0 amide bonds. The molecule has 0 aliphatic rings. The Morgan fingerprint density at radius 1 is 1.53 bits per heavy atom. The second kappa shape index (κ2) is 7.83. The molecule has 0 aliphatic carbocycles. The summed E-state index contributed by atoms with van der Waals surface area (Å²) in [5.74, 6) is 2.00. The summed E-state index contributed by atoms with van der Waals surface area (Å²) in [4.78, 5) is 16.8. The number of hydrogen-bond donors (Lipinski definition) is 1. The molecule has 0 unspecified atom stereocenters. The van der Waals surface area contributed by atoms with Crippen molar-refractivity contribution in [2.45, 2.75) is 13.3 Å². The summed E-state index contributed by atoms with van der Waals surface area (Å²) in [5, 5.41) is 14.2. The molecule has 1 aromatic rings. The number of hydrogen-bond acceptors (Lipinski definition) is 6. The highest BCUT2D eigenvalue weighted by Gasteiger charge is 2.19. The molecular weight excluding hydrogens is 264 g/mol. The average Bonchev–Trinajstić information content (AvgIpc) is 2.41. The van der Waals surface area contributed by atoms with Crippen LogP contribution in [0.15, 0.2) is 12.1 Å². The van der Waals surface area contributed by atoms with Crippen molar-refractivity contribution in [2.24, 2.45) is 0 Å². The van der Waals surface area contributed by atoms with Gasteiger partial charge in [-0.15, -0.1) is 0 Å². The van der Waals surface area contributed by atoms with Gasteiger partial charge in [-0.05, 0) is 18.7 Å². The molecule has 0 bridgehead atoms. The van der Waals surface area contributed by atoms with E-state index in [9.17, 15) is 10.1 Å². The molecule has 0 spiro atoms. The van der Waals surface area contributed by atoms with Crippen LogP contribution < -0.4 is 10.2 Å². The van der Waals surface area contributed by atoms with Crippen LogP contribution in [-0.4, -0.2) is 42.1 Å². The van der Waals surface area contributed by atoms with Crippen molar-refractivity contribution in [1.29, 1.82) is 0 Å². The van der Waals surface area contributed by atoms with Crippen molar-refractivity contribution < 1.29 is 4.92 Å². The zero-order valence-electron chi connectivity index (χ0n) is 11.5. The first-order valence-electron chi connectivity index (χ1n) is 6.19. The number of anilines is 2. The second-order valence-electron chi connectivity index (χ2n) is 4.14. The van der Waals surface area contributed by atoms with Gasteiger partial charge in [-0.1, -0.05) is 6.92 Å². The highest BCUT2D eigenvalue weighted by atomic mass is 32.2. The van der Waals surface area contributed by atoms with Gasteiger partial charge in [0, 0.05) is 32.0 Å². The molecule has 19 heavy (non-hydrogen) atoms. The number of nitrogens with one attached hydrogen (secondary N) is 1. The first-order chi connectivity index (χ1) is 9.10. The van der Waals surface area contributed by atoms with Gasteiger partial charge < -0.3 is 10.2 Å². The summed E-state index contributed by atoms with van der Waals surface area (Å²) in [6.07, 6.45) is 2.99. The maximum atomic E-state index is 11.0. The maximum Gasteiger partial charge on any atom is 0.311 e. The Morgan fingerprint density at radius 2 is 2.26 bits per heavy atom. The quantitative estimate of drug-likeness (QED) is 0.584. The zero-order chi connectivity index (χ0) is 14.3. The number of rotatable bonds is 8. The molecule has 1 N–H and O–H groups in total. The van der Waals surface area contributed by atoms with E-state index in [0.29, 0.717) is 11.6 Å². The van der Waals surface area contributed by atoms with Crippen LogP contribution in [0, 0.1) is 10.1 Å². The van der Waals surface area contributed by atoms with Gasteiger partial charge in [-0.25, -0.2) is 4.98 Å². The van der Waals surface area contributed by atoms with E-state index in [0.717, 1.165) is 25.3 Å². The van der Waals surface area contributed by atoms with E-state index in [-0.39, 0.29) is 10.6 Å². The van der Waals surface area contributed by atoms with Crippen LogP contribution in [0.2, 0.25) is 0 Å². The van der Waals surface area contributed by atoms with E-state index in [1.54, 1.807) is 17.8 Å². The van der Waals surface area contributed by atoms with Crippen LogP contribution in [0.3, 0.4) is 0 Å². The molecule has 0 atom stereocenters. The van der Waals surface area contributed by atoms with E-state index < -0.39 is 0 Å². The third-order valence-electron chi connectivity index (χ3n) is 2.60. The number of aromatic nitrogens is 1. The third-order valence-corrected chi connectivity index (χ3v) is 3.19. The zero-order valence-corrected chi connectivity index (χ0v) is 12.4. The van der Waals surface area contributed by atoms with E-state index in [2.05, 4.69) is 17.2 Å². The smallest absolute Gasteiger partial charge is 0.311 e. The minimum absolute atomic E-state index is 0.0469. The van der Waals surface area contributed by atoms with Gasteiger partial charge >= 0.3 is 5.69 Å². The van der Waals surface area contributed by atoms with Crippen molar-refractivity contribution in [3.63, 3.8) is 0 Å². The molecule has 6 nitrogen and oxygen atoms in total. The third kappa shape index (κ3) is 4.59. The van der Waals surface area contributed by atoms with Crippen LogP contribution in [0.5, 0.6) is 0 Å². The number of thioether (sulfide) groups is 1. The summed E-state index contributed by atoms with van der Waals surface area (Å²) < 4.78 is 0. The Morgan fingerprint density at radius 3 is 2.84 bits per heavy atom. The monoisotopic (exact) mass is 284 g/mol. The summed E-state index contributed by atoms with van der Waals surface area (Å²) in [5.41, 5.74) is 0.0469. The van der Waals surface area contributed by atoms with Gasteiger partial charge in [0.15, 0.2) is 0 Å². The van der Waals surface area contributed by atoms with E-state index in [4.69, 9.17) is 0 Å². The number of pyridine rings is 1. The largest absolute Gasteiger partial charge is 0.370 e.